The van der Waals surface area contributed by atoms with Gasteiger partial charge in [-0.2, -0.15) is 0 Å². The molecule has 2 amide bonds. The number of H-pyrrole nitrogens is 1. The molecule has 0 aliphatic carbocycles. The second-order valence-corrected chi connectivity index (χ2v) is 8.68. The van der Waals surface area contributed by atoms with Crippen molar-refractivity contribution in [2.45, 2.75) is 33.2 Å². The Bertz CT molecular complexity index is 845. The van der Waals surface area contributed by atoms with Crippen LogP contribution >= 0.6 is 0 Å². The summed E-state index contributed by atoms with van der Waals surface area (Å²) in [7, 11) is -1.50. The number of benzene rings is 1. The lowest BCUT2D eigenvalue weighted by molar-refractivity contribution is 0.206. The molecule has 2 aromatic rings. The van der Waals surface area contributed by atoms with Crippen molar-refractivity contribution < 1.29 is 13.2 Å². The van der Waals surface area contributed by atoms with Crippen molar-refractivity contribution in [1.29, 1.82) is 0 Å². The fourth-order valence-electron chi connectivity index (χ4n) is 2.45. The molecule has 0 aliphatic heterocycles. The molecule has 1 atom stereocenters. The van der Waals surface area contributed by atoms with Crippen molar-refractivity contribution in [3.8, 4) is 0 Å². The van der Waals surface area contributed by atoms with Crippen molar-refractivity contribution in [2.24, 2.45) is 0 Å². The van der Waals surface area contributed by atoms with E-state index in [2.05, 4.69) is 15.3 Å². The van der Waals surface area contributed by atoms with Crippen LogP contribution in [-0.4, -0.2) is 54.4 Å². The summed E-state index contributed by atoms with van der Waals surface area (Å²) in [6.45, 7) is 5.74. The summed E-state index contributed by atoms with van der Waals surface area (Å²) in [5.41, 5.74) is 2.93. The smallest absolute Gasteiger partial charge is 0.317 e. The minimum atomic E-state index is -3.10. The molecular weight excluding hydrogens is 340 g/mol. The summed E-state index contributed by atoms with van der Waals surface area (Å²) in [5.74, 6) is 0.748. The maximum absolute atomic E-state index is 12.3. The van der Waals surface area contributed by atoms with Gasteiger partial charge in [-0.15, -0.1) is 0 Å². The van der Waals surface area contributed by atoms with Gasteiger partial charge in [0.25, 0.3) is 0 Å². The number of carbonyl (C=O) groups excluding carboxylic acids is 1. The number of urea groups is 1. The fraction of sp³-hybridized carbons (Fsp3) is 0.529. The van der Waals surface area contributed by atoms with E-state index in [0.717, 1.165) is 16.6 Å². The van der Waals surface area contributed by atoms with E-state index in [4.69, 9.17) is 0 Å². The SMILES string of the molecule is CC[C@@H](NC(=O)N(C)CCS(=O)(=O)CC)c1nc2ccc(C)cc2[nH]1. The van der Waals surface area contributed by atoms with Crippen molar-refractivity contribution in [3.05, 3.63) is 29.6 Å². The van der Waals surface area contributed by atoms with E-state index in [9.17, 15) is 13.2 Å². The first kappa shape index (κ1) is 19.2. The normalized spacial score (nSPS) is 13.0. The maximum atomic E-state index is 12.3. The van der Waals surface area contributed by atoms with E-state index in [-0.39, 0.29) is 30.1 Å². The van der Waals surface area contributed by atoms with E-state index in [1.54, 1.807) is 14.0 Å². The quantitative estimate of drug-likeness (QED) is 0.786. The molecule has 0 aliphatic rings. The summed E-state index contributed by atoms with van der Waals surface area (Å²) >= 11 is 0. The predicted molar refractivity (Wildman–Crippen MR) is 99.4 cm³/mol. The lowest BCUT2D eigenvalue weighted by Gasteiger charge is -2.21. The summed E-state index contributed by atoms with van der Waals surface area (Å²) in [6, 6.07) is 5.39. The minimum Gasteiger partial charge on any atom is -0.340 e. The molecule has 0 unspecified atom stereocenters. The van der Waals surface area contributed by atoms with Crippen LogP contribution < -0.4 is 5.32 Å². The number of imidazole rings is 1. The number of carbonyl (C=O) groups is 1. The van der Waals surface area contributed by atoms with Crippen LogP contribution in [0, 0.1) is 6.92 Å². The zero-order valence-corrected chi connectivity index (χ0v) is 16.0. The Hall–Kier alpha value is -2.09. The number of nitrogens with one attached hydrogen (secondary N) is 2. The Labute approximate surface area is 148 Å². The fourth-order valence-corrected chi connectivity index (χ4v) is 3.29. The molecule has 0 bridgehead atoms. The Kier molecular flexibility index (Phi) is 6.05. The average Bonchev–Trinajstić information content (AvgIpc) is 3.00. The molecule has 8 heteroatoms. The highest BCUT2D eigenvalue weighted by Crippen LogP contribution is 2.19. The standard InChI is InChI=1S/C17H26N4O3S/c1-5-13(16-18-14-8-7-12(3)11-15(14)19-16)20-17(22)21(4)9-10-25(23,24)6-2/h7-8,11,13H,5-6,9-10H2,1-4H3,(H,18,19)(H,20,22)/t13-/m1/s1. The van der Waals surface area contributed by atoms with Crippen LogP contribution in [0.2, 0.25) is 0 Å². The number of rotatable bonds is 7. The number of nitrogens with zero attached hydrogens (tertiary/aromatic N) is 2. The number of aromatic nitrogens is 2. The molecular formula is C17H26N4O3S. The number of amides is 2. The van der Waals surface area contributed by atoms with Crippen molar-refractivity contribution in [2.75, 3.05) is 25.1 Å². The van der Waals surface area contributed by atoms with Crippen LogP contribution in [0.4, 0.5) is 4.79 Å². The third kappa shape index (κ3) is 4.94. The highest BCUT2D eigenvalue weighted by atomic mass is 32.2. The largest absolute Gasteiger partial charge is 0.340 e. The Morgan fingerprint density at radius 2 is 2.08 bits per heavy atom. The molecule has 0 fully saturated rings. The van der Waals surface area contributed by atoms with Crippen molar-refractivity contribution in [1.82, 2.24) is 20.2 Å². The van der Waals surface area contributed by atoms with Crippen LogP contribution in [0.5, 0.6) is 0 Å². The van der Waals surface area contributed by atoms with E-state index in [1.165, 1.54) is 4.90 Å². The molecule has 0 saturated heterocycles. The van der Waals surface area contributed by atoms with Gasteiger partial charge >= 0.3 is 6.03 Å². The Balaban J connectivity index is 2.05. The Morgan fingerprint density at radius 1 is 1.36 bits per heavy atom. The van der Waals surface area contributed by atoms with E-state index in [1.807, 2.05) is 32.0 Å². The first-order chi connectivity index (χ1) is 11.8. The van der Waals surface area contributed by atoms with Crippen molar-refractivity contribution in [3.63, 3.8) is 0 Å². The lowest BCUT2D eigenvalue weighted by Crippen LogP contribution is -2.41. The van der Waals surface area contributed by atoms with Gasteiger partial charge in [0.15, 0.2) is 9.84 Å². The van der Waals surface area contributed by atoms with Crippen LogP contribution in [0.3, 0.4) is 0 Å². The highest BCUT2D eigenvalue weighted by molar-refractivity contribution is 7.91. The van der Waals surface area contributed by atoms with Gasteiger partial charge in [-0.05, 0) is 31.0 Å². The molecule has 1 heterocycles. The third-order valence-electron chi connectivity index (χ3n) is 4.22. The second-order valence-electron chi connectivity index (χ2n) is 6.21. The Morgan fingerprint density at radius 3 is 2.72 bits per heavy atom. The van der Waals surface area contributed by atoms with Crippen LogP contribution in [0.15, 0.2) is 18.2 Å². The van der Waals surface area contributed by atoms with Crippen LogP contribution in [0.25, 0.3) is 11.0 Å². The van der Waals surface area contributed by atoms with Crippen molar-refractivity contribution >= 4 is 26.9 Å². The average molecular weight is 366 g/mol. The van der Waals surface area contributed by atoms with Gasteiger partial charge in [0.2, 0.25) is 0 Å². The topological polar surface area (TPSA) is 95.2 Å². The summed E-state index contributed by atoms with van der Waals surface area (Å²) in [4.78, 5) is 21.5. The number of aryl methyl sites for hydroxylation is 1. The first-order valence-corrected chi connectivity index (χ1v) is 10.3. The number of hydrogen-bond donors (Lipinski definition) is 2. The zero-order chi connectivity index (χ0) is 18.6. The number of sulfone groups is 1. The molecule has 25 heavy (non-hydrogen) atoms. The van der Waals surface area contributed by atoms with Crippen LogP contribution in [-0.2, 0) is 9.84 Å². The van der Waals surface area contributed by atoms with Gasteiger partial charge in [-0.25, -0.2) is 18.2 Å². The van der Waals surface area contributed by atoms with Gasteiger partial charge in [-0.3, -0.25) is 0 Å². The second kappa shape index (κ2) is 7.86. The van der Waals surface area contributed by atoms with Gasteiger partial charge in [-0.1, -0.05) is 19.9 Å². The van der Waals surface area contributed by atoms with Gasteiger partial charge in [0.1, 0.15) is 5.82 Å². The van der Waals surface area contributed by atoms with Gasteiger partial charge in [0, 0.05) is 19.3 Å². The minimum absolute atomic E-state index is 0.0336. The monoisotopic (exact) mass is 366 g/mol. The maximum Gasteiger partial charge on any atom is 0.317 e. The van der Waals surface area contributed by atoms with E-state index in [0.29, 0.717) is 12.2 Å². The molecule has 0 radical (unpaired) electrons. The number of aromatic amines is 1. The van der Waals surface area contributed by atoms with Crippen LogP contribution in [0.1, 0.15) is 37.7 Å². The van der Waals surface area contributed by atoms with E-state index >= 15 is 0 Å². The predicted octanol–water partition coefficient (Wildman–Crippen LogP) is 2.40. The molecule has 1 aromatic carbocycles. The number of hydrogen-bond acceptors (Lipinski definition) is 4. The first-order valence-electron chi connectivity index (χ1n) is 8.44. The summed E-state index contributed by atoms with van der Waals surface area (Å²) < 4.78 is 23.2. The zero-order valence-electron chi connectivity index (χ0n) is 15.2. The molecule has 7 nitrogen and oxygen atoms in total. The molecule has 1 aromatic heterocycles. The van der Waals surface area contributed by atoms with E-state index < -0.39 is 9.84 Å². The molecule has 138 valence electrons. The molecule has 0 saturated carbocycles. The third-order valence-corrected chi connectivity index (χ3v) is 5.90. The molecule has 0 spiro atoms. The summed E-state index contributed by atoms with van der Waals surface area (Å²) in [6.07, 6.45) is 0.672. The molecule has 2 rings (SSSR count). The van der Waals surface area contributed by atoms with Gasteiger partial charge in [0.05, 0.1) is 22.8 Å². The van der Waals surface area contributed by atoms with Gasteiger partial charge < -0.3 is 15.2 Å². The summed E-state index contributed by atoms with van der Waals surface area (Å²) in [5, 5.41) is 2.91. The highest BCUT2D eigenvalue weighted by Gasteiger charge is 2.20. The molecule has 2 N–H and O–H groups in total. The number of fused-ring (bicyclic) bond motifs is 1. The lowest BCUT2D eigenvalue weighted by atomic mass is 10.2.